The van der Waals surface area contributed by atoms with E-state index in [9.17, 15) is 18.0 Å². The Labute approximate surface area is 177 Å². The number of halogens is 1. The van der Waals surface area contributed by atoms with Crippen LogP contribution in [-0.2, 0) is 25.4 Å². The van der Waals surface area contributed by atoms with E-state index >= 15 is 0 Å². The Balaban J connectivity index is 1.87. The highest BCUT2D eigenvalue weighted by Gasteiger charge is 2.45. The lowest BCUT2D eigenvalue weighted by atomic mass is 9.98. The average Bonchev–Trinajstić information content (AvgIpc) is 3.04. The highest BCUT2D eigenvalue weighted by Crippen LogP contribution is 2.33. The van der Waals surface area contributed by atoms with Crippen LogP contribution in [0.1, 0.15) is 45.1 Å². The van der Waals surface area contributed by atoms with Crippen LogP contribution in [0, 0.1) is 5.92 Å². The Kier molecular flexibility index (Phi) is 6.55. The van der Waals surface area contributed by atoms with Gasteiger partial charge in [0.15, 0.2) is 0 Å². The summed E-state index contributed by atoms with van der Waals surface area (Å²) in [7, 11) is -3.70. The van der Waals surface area contributed by atoms with E-state index < -0.39 is 21.6 Å². The second kappa shape index (κ2) is 8.62. The molecule has 1 aromatic rings. The number of nitrogens with one attached hydrogen (secondary N) is 2. The molecule has 1 saturated carbocycles. The van der Waals surface area contributed by atoms with E-state index in [0.717, 1.165) is 25.7 Å². The SMILES string of the molecule is CC(C)C(=O)NC1CN(S(=O)(=O)Cc2ccc(Cl)cc2)CC2(CCCC2)NC1=O. The Bertz CT molecular complexity index is 864. The fourth-order valence-electron chi connectivity index (χ4n) is 3.96. The monoisotopic (exact) mass is 441 g/mol. The average molecular weight is 442 g/mol. The molecule has 2 N–H and O–H groups in total. The summed E-state index contributed by atoms with van der Waals surface area (Å²) in [6, 6.07) is 5.77. The molecule has 7 nitrogen and oxygen atoms in total. The van der Waals surface area contributed by atoms with Crippen molar-refractivity contribution in [3.63, 3.8) is 0 Å². The van der Waals surface area contributed by atoms with Gasteiger partial charge in [0.1, 0.15) is 6.04 Å². The Morgan fingerprint density at radius 3 is 2.48 bits per heavy atom. The molecule has 1 atom stereocenters. The number of carbonyl (C=O) groups excluding carboxylic acids is 2. The maximum absolute atomic E-state index is 13.2. The zero-order valence-electron chi connectivity index (χ0n) is 16.8. The predicted octanol–water partition coefficient (Wildman–Crippen LogP) is 2.06. The van der Waals surface area contributed by atoms with Gasteiger partial charge in [-0.15, -0.1) is 0 Å². The normalized spacial score (nSPS) is 22.5. The van der Waals surface area contributed by atoms with Gasteiger partial charge in [-0.1, -0.05) is 50.4 Å². The number of amides is 2. The molecular weight excluding hydrogens is 414 g/mol. The number of nitrogens with zero attached hydrogens (tertiary/aromatic N) is 1. The predicted molar refractivity (Wildman–Crippen MR) is 112 cm³/mol. The minimum Gasteiger partial charge on any atom is -0.348 e. The molecule has 2 fully saturated rings. The van der Waals surface area contributed by atoms with Crippen molar-refractivity contribution >= 4 is 33.4 Å². The van der Waals surface area contributed by atoms with Crippen molar-refractivity contribution in [1.29, 1.82) is 0 Å². The zero-order valence-corrected chi connectivity index (χ0v) is 18.4. The van der Waals surface area contributed by atoms with Crippen LogP contribution in [0.25, 0.3) is 0 Å². The molecule has 160 valence electrons. The Morgan fingerprint density at radius 1 is 1.28 bits per heavy atom. The van der Waals surface area contributed by atoms with E-state index in [1.165, 1.54) is 4.31 Å². The summed E-state index contributed by atoms with van der Waals surface area (Å²) in [5.74, 6) is -1.07. The van der Waals surface area contributed by atoms with Gasteiger partial charge in [-0.25, -0.2) is 8.42 Å². The van der Waals surface area contributed by atoms with Crippen LogP contribution in [0.2, 0.25) is 5.02 Å². The van der Waals surface area contributed by atoms with Gasteiger partial charge in [0, 0.05) is 24.0 Å². The molecule has 1 saturated heterocycles. The van der Waals surface area contributed by atoms with Gasteiger partial charge in [-0.2, -0.15) is 4.31 Å². The van der Waals surface area contributed by atoms with Crippen LogP contribution in [0.4, 0.5) is 0 Å². The number of carbonyl (C=O) groups is 2. The van der Waals surface area contributed by atoms with Crippen LogP contribution >= 0.6 is 11.6 Å². The third kappa shape index (κ3) is 5.29. The largest absolute Gasteiger partial charge is 0.348 e. The third-order valence-corrected chi connectivity index (χ3v) is 7.64. The first-order chi connectivity index (χ1) is 13.6. The quantitative estimate of drug-likeness (QED) is 0.731. The van der Waals surface area contributed by atoms with Gasteiger partial charge in [-0.3, -0.25) is 9.59 Å². The molecular formula is C20H28ClN3O4S. The van der Waals surface area contributed by atoms with Crippen molar-refractivity contribution in [2.75, 3.05) is 13.1 Å². The van der Waals surface area contributed by atoms with Gasteiger partial charge < -0.3 is 10.6 Å². The topological polar surface area (TPSA) is 95.6 Å². The number of hydrogen-bond acceptors (Lipinski definition) is 4. The van der Waals surface area contributed by atoms with Crippen molar-refractivity contribution in [1.82, 2.24) is 14.9 Å². The summed E-state index contributed by atoms with van der Waals surface area (Å²) in [4.78, 5) is 25.0. The maximum Gasteiger partial charge on any atom is 0.244 e. The lowest BCUT2D eigenvalue weighted by molar-refractivity contribution is -0.131. The summed E-state index contributed by atoms with van der Waals surface area (Å²) in [5.41, 5.74) is 0.0581. The first-order valence-corrected chi connectivity index (χ1v) is 11.9. The standard InChI is InChI=1S/C20H28ClN3O4S/c1-14(2)18(25)22-17-11-24(13-20(23-19(17)26)9-3-4-10-20)29(27,28)12-15-5-7-16(21)8-6-15/h5-8,14,17H,3-4,9-13H2,1-2H3,(H,22,25)(H,23,26). The molecule has 1 unspecified atom stereocenters. The Morgan fingerprint density at radius 2 is 1.90 bits per heavy atom. The minimum absolute atomic E-state index is 0.0675. The summed E-state index contributed by atoms with van der Waals surface area (Å²) in [6.07, 6.45) is 3.34. The molecule has 9 heteroatoms. The van der Waals surface area contributed by atoms with Crippen molar-refractivity contribution in [3.8, 4) is 0 Å². The van der Waals surface area contributed by atoms with Crippen molar-refractivity contribution in [2.45, 2.75) is 56.9 Å². The van der Waals surface area contributed by atoms with Crippen molar-refractivity contribution in [2.24, 2.45) is 5.92 Å². The van der Waals surface area contributed by atoms with Gasteiger partial charge in [0.05, 0.1) is 11.3 Å². The third-order valence-electron chi connectivity index (χ3n) is 5.63. The number of benzene rings is 1. The number of sulfonamides is 1. The van der Waals surface area contributed by atoms with Gasteiger partial charge in [-0.05, 0) is 30.5 Å². The molecule has 0 bridgehead atoms. The van der Waals surface area contributed by atoms with Gasteiger partial charge in [0.2, 0.25) is 21.8 Å². The summed E-state index contributed by atoms with van der Waals surface area (Å²) < 4.78 is 27.9. The fraction of sp³-hybridized carbons (Fsp3) is 0.600. The molecule has 1 heterocycles. The van der Waals surface area contributed by atoms with E-state index in [1.807, 2.05) is 0 Å². The molecule has 1 aromatic carbocycles. The zero-order chi connectivity index (χ0) is 21.2. The smallest absolute Gasteiger partial charge is 0.244 e. The van der Waals surface area contributed by atoms with Crippen molar-refractivity contribution in [3.05, 3.63) is 34.9 Å². The van der Waals surface area contributed by atoms with E-state index in [4.69, 9.17) is 11.6 Å². The molecule has 1 spiro atoms. The highest BCUT2D eigenvalue weighted by molar-refractivity contribution is 7.88. The van der Waals surface area contributed by atoms with Gasteiger partial charge >= 0.3 is 0 Å². The van der Waals surface area contributed by atoms with E-state index in [0.29, 0.717) is 10.6 Å². The molecule has 1 aliphatic carbocycles. The van der Waals surface area contributed by atoms with Gasteiger partial charge in [0.25, 0.3) is 0 Å². The summed E-state index contributed by atoms with van der Waals surface area (Å²) in [5, 5.41) is 6.30. The minimum atomic E-state index is -3.70. The lowest BCUT2D eigenvalue weighted by Gasteiger charge is -2.32. The van der Waals surface area contributed by atoms with Crippen LogP contribution in [0.15, 0.2) is 24.3 Å². The lowest BCUT2D eigenvalue weighted by Crippen LogP contribution is -2.54. The maximum atomic E-state index is 13.2. The van der Waals surface area contributed by atoms with E-state index in [2.05, 4.69) is 10.6 Å². The Hall–Kier alpha value is -1.64. The van der Waals surface area contributed by atoms with Crippen LogP contribution in [0.5, 0.6) is 0 Å². The molecule has 1 aliphatic heterocycles. The summed E-state index contributed by atoms with van der Waals surface area (Å²) >= 11 is 5.90. The molecule has 0 radical (unpaired) electrons. The van der Waals surface area contributed by atoms with Crippen LogP contribution in [-0.4, -0.2) is 49.2 Å². The van der Waals surface area contributed by atoms with E-state index in [1.54, 1.807) is 38.1 Å². The number of rotatable bonds is 5. The fourth-order valence-corrected chi connectivity index (χ4v) is 5.70. The molecule has 2 aliphatic rings. The summed E-state index contributed by atoms with van der Waals surface area (Å²) in [6.45, 7) is 3.62. The first kappa shape index (κ1) is 22.1. The van der Waals surface area contributed by atoms with E-state index in [-0.39, 0.29) is 36.6 Å². The molecule has 2 amide bonds. The molecule has 3 rings (SSSR count). The number of hydrogen-bond donors (Lipinski definition) is 2. The highest BCUT2D eigenvalue weighted by atomic mass is 35.5. The van der Waals surface area contributed by atoms with Crippen molar-refractivity contribution < 1.29 is 18.0 Å². The molecule has 0 aromatic heterocycles. The van der Waals surface area contributed by atoms with Crippen LogP contribution in [0.3, 0.4) is 0 Å². The second-order valence-corrected chi connectivity index (χ2v) is 10.8. The first-order valence-electron chi connectivity index (χ1n) is 9.95. The van der Waals surface area contributed by atoms with Crippen LogP contribution < -0.4 is 10.6 Å². The second-order valence-electron chi connectivity index (χ2n) is 8.37. The molecule has 29 heavy (non-hydrogen) atoms.